The maximum absolute atomic E-state index is 12.6. The first-order chi connectivity index (χ1) is 13.2. The molecule has 6 nitrogen and oxygen atoms in total. The highest BCUT2D eigenvalue weighted by atomic mass is 35.5. The lowest BCUT2D eigenvalue weighted by Gasteiger charge is -2.19. The first-order valence-electron chi connectivity index (χ1n) is 8.85. The van der Waals surface area contributed by atoms with Crippen LogP contribution in [0.1, 0.15) is 31.4 Å². The second-order valence-electron chi connectivity index (χ2n) is 6.90. The molecule has 1 amide bonds. The van der Waals surface area contributed by atoms with Crippen molar-refractivity contribution in [3.8, 4) is 0 Å². The van der Waals surface area contributed by atoms with E-state index in [-0.39, 0.29) is 10.8 Å². The number of rotatable bonds is 8. The van der Waals surface area contributed by atoms with Gasteiger partial charge in [0.25, 0.3) is 5.91 Å². The van der Waals surface area contributed by atoms with Crippen molar-refractivity contribution in [3.63, 3.8) is 0 Å². The molecule has 2 N–H and O–H groups in total. The highest BCUT2D eigenvalue weighted by molar-refractivity contribution is 7.89. The third-order valence-corrected chi connectivity index (χ3v) is 5.65. The molecule has 0 aliphatic rings. The Labute approximate surface area is 171 Å². The Morgan fingerprint density at radius 2 is 1.71 bits per heavy atom. The number of carbonyl (C=O) groups excluding carboxylic acids is 1. The Hall–Kier alpha value is -2.22. The Morgan fingerprint density at radius 1 is 1.11 bits per heavy atom. The van der Waals surface area contributed by atoms with Gasteiger partial charge in [-0.15, -0.1) is 0 Å². The molecule has 28 heavy (non-hydrogen) atoms. The van der Waals surface area contributed by atoms with Crippen molar-refractivity contribution < 1.29 is 13.2 Å². The van der Waals surface area contributed by atoms with E-state index in [1.54, 1.807) is 36.4 Å². The maximum Gasteiger partial charge on any atom is 0.258 e. The van der Waals surface area contributed by atoms with Crippen LogP contribution in [0.2, 0.25) is 5.02 Å². The summed E-state index contributed by atoms with van der Waals surface area (Å²) < 4.78 is 27.7. The molecule has 0 aromatic heterocycles. The van der Waals surface area contributed by atoms with E-state index in [1.165, 1.54) is 18.3 Å². The SMILES string of the molecule is Cc1ccc(S(=O)(=O)N[C@@H](CC(C)C)C(=O)N/N=C\c2ccc(Cl)cc2)cc1. The molecule has 2 aromatic rings. The summed E-state index contributed by atoms with van der Waals surface area (Å²) in [5, 5.41) is 4.51. The standard InChI is InChI=1S/C20H24ClN3O3S/c1-14(2)12-19(24-28(26,27)18-10-4-15(3)5-11-18)20(25)23-22-13-16-6-8-17(21)9-7-16/h4-11,13-14,19,24H,12H2,1-3H3,(H,23,25)/b22-13-/t19-/m0/s1. The fourth-order valence-electron chi connectivity index (χ4n) is 2.45. The number of hydrazone groups is 1. The smallest absolute Gasteiger partial charge is 0.258 e. The van der Waals surface area contributed by atoms with Gasteiger partial charge in [-0.3, -0.25) is 4.79 Å². The van der Waals surface area contributed by atoms with E-state index in [1.807, 2.05) is 20.8 Å². The molecular formula is C20H24ClN3O3S. The van der Waals surface area contributed by atoms with Gasteiger partial charge in [0.15, 0.2) is 0 Å². The summed E-state index contributed by atoms with van der Waals surface area (Å²) in [7, 11) is -3.83. The zero-order valence-electron chi connectivity index (χ0n) is 16.0. The second kappa shape index (κ2) is 9.82. The molecule has 0 radical (unpaired) electrons. The van der Waals surface area contributed by atoms with Gasteiger partial charge < -0.3 is 0 Å². The van der Waals surface area contributed by atoms with Crippen molar-refractivity contribution in [2.45, 2.75) is 38.1 Å². The van der Waals surface area contributed by atoms with Crippen LogP contribution in [0.4, 0.5) is 0 Å². The Morgan fingerprint density at radius 3 is 2.29 bits per heavy atom. The minimum absolute atomic E-state index is 0.108. The highest BCUT2D eigenvalue weighted by Gasteiger charge is 2.26. The lowest BCUT2D eigenvalue weighted by atomic mass is 10.0. The molecule has 0 aliphatic carbocycles. The molecule has 150 valence electrons. The van der Waals surface area contributed by atoms with Crippen LogP contribution in [-0.2, 0) is 14.8 Å². The molecule has 0 aliphatic heterocycles. The van der Waals surface area contributed by atoms with E-state index in [4.69, 9.17) is 11.6 Å². The summed E-state index contributed by atoms with van der Waals surface area (Å²) in [6.07, 6.45) is 1.81. The molecule has 0 unspecified atom stereocenters. The average Bonchev–Trinajstić information content (AvgIpc) is 2.62. The predicted octanol–water partition coefficient (Wildman–Crippen LogP) is 3.49. The number of amides is 1. The minimum Gasteiger partial charge on any atom is -0.271 e. The molecular weight excluding hydrogens is 398 g/mol. The van der Waals surface area contributed by atoms with Gasteiger partial charge in [-0.1, -0.05) is 55.3 Å². The van der Waals surface area contributed by atoms with E-state index >= 15 is 0 Å². The molecule has 0 saturated heterocycles. The van der Waals surface area contributed by atoms with E-state index in [0.717, 1.165) is 11.1 Å². The number of carbonyl (C=O) groups is 1. The normalized spacial score (nSPS) is 13.0. The van der Waals surface area contributed by atoms with Crippen molar-refractivity contribution in [3.05, 3.63) is 64.7 Å². The van der Waals surface area contributed by atoms with Gasteiger partial charge in [0, 0.05) is 5.02 Å². The molecule has 0 heterocycles. The zero-order chi connectivity index (χ0) is 20.7. The molecule has 1 atom stereocenters. The zero-order valence-corrected chi connectivity index (χ0v) is 17.6. The van der Waals surface area contributed by atoms with Gasteiger partial charge in [-0.05, 0) is 49.1 Å². The van der Waals surface area contributed by atoms with E-state index in [0.29, 0.717) is 11.4 Å². The van der Waals surface area contributed by atoms with Gasteiger partial charge in [0.05, 0.1) is 11.1 Å². The Kier molecular flexibility index (Phi) is 7.74. The van der Waals surface area contributed by atoms with Crippen LogP contribution in [0.25, 0.3) is 0 Å². The van der Waals surface area contributed by atoms with Crippen LogP contribution in [0.15, 0.2) is 58.5 Å². The monoisotopic (exact) mass is 421 g/mol. The fraction of sp³-hybridized carbons (Fsp3) is 0.300. The lowest BCUT2D eigenvalue weighted by Crippen LogP contribution is -2.46. The number of hydrogen-bond donors (Lipinski definition) is 2. The summed E-state index contributed by atoms with van der Waals surface area (Å²) in [4.78, 5) is 12.6. The lowest BCUT2D eigenvalue weighted by molar-refractivity contribution is -0.123. The van der Waals surface area contributed by atoms with Gasteiger partial charge in [0.1, 0.15) is 6.04 Å². The number of aryl methyl sites for hydroxylation is 1. The molecule has 2 rings (SSSR count). The molecule has 0 fully saturated rings. The summed E-state index contributed by atoms with van der Waals surface area (Å²) in [5.74, 6) is -0.411. The van der Waals surface area contributed by atoms with Crippen molar-refractivity contribution in [2.24, 2.45) is 11.0 Å². The van der Waals surface area contributed by atoms with Crippen molar-refractivity contribution in [2.75, 3.05) is 0 Å². The van der Waals surface area contributed by atoms with Crippen molar-refractivity contribution >= 4 is 33.7 Å². The number of sulfonamides is 1. The van der Waals surface area contributed by atoms with Gasteiger partial charge in [-0.2, -0.15) is 9.82 Å². The van der Waals surface area contributed by atoms with E-state index < -0.39 is 22.0 Å². The third-order valence-electron chi connectivity index (χ3n) is 3.91. The largest absolute Gasteiger partial charge is 0.271 e. The van der Waals surface area contributed by atoms with Crippen molar-refractivity contribution in [1.29, 1.82) is 0 Å². The van der Waals surface area contributed by atoms with Gasteiger partial charge in [0.2, 0.25) is 10.0 Å². The molecule has 0 spiro atoms. The number of halogens is 1. The average molecular weight is 422 g/mol. The predicted molar refractivity (Wildman–Crippen MR) is 112 cm³/mol. The highest BCUT2D eigenvalue weighted by Crippen LogP contribution is 2.13. The fourth-order valence-corrected chi connectivity index (χ4v) is 3.78. The van der Waals surface area contributed by atoms with Gasteiger partial charge >= 0.3 is 0 Å². The molecule has 8 heteroatoms. The topological polar surface area (TPSA) is 87.6 Å². The summed E-state index contributed by atoms with van der Waals surface area (Å²) in [6.45, 7) is 5.70. The Bertz CT molecular complexity index is 924. The van der Waals surface area contributed by atoms with Gasteiger partial charge in [-0.25, -0.2) is 13.8 Å². The summed E-state index contributed by atoms with van der Waals surface area (Å²) >= 11 is 5.83. The minimum atomic E-state index is -3.83. The van der Waals surface area contributed by atoms with Crippen LogP contribution >= 0.6 is 11.6 Å². The van der Waals surface area contributed by atoms with Crippen LogP contribution < -0.4 is 10.1 Å². The third kappa shape index (κ3) is 6.74. The van der Waals surface area contributed by atoms with E-state index in [2.05, 4.69) is 15.2 Å². The van der Waals surface area contributed by atoms with Crippen LogP contribution in [0.3, 0.4) is 0 Å². The maximum atomic E-state index is 12.6. The first-order valence-corrected chi connectivity index (χ1v) is 10.7. The van der Waals surface area contributed by atoms with Crippen molar-refractivity contribution in [1.82, 2.24) is 10.1 Å². The molecule has 2 aromatic carbocycles. The number of benzene rings is 2. The first kappa shape index (κ1) is 22.1. The second-order valence-corrected chi connectivity index (χ2v) is 9.05. The summed E-state index contributed by atoms with van der Waals surface area (Å²) in [6, 6.07) is 12.4. The van der Waals surface area contributed by atoms with E-state index in [9.17, 15) is 13.2 Å². The Balaban J connectivity index is 2.10. The number of nitrogens with one attached hydrogen (secondary N) is 2. The molecule has 0 saturated carbocycles. The quantitative estimate of drug-likeness (QED) is 0.505. The van der Waals surface area contributed by atoms with Crippen LogP contribution in [0.5, 0.6) is 0 Å². The molecule has 0 bridgehead atoms. The number of nitrogens with zero attached hydrogens (tertiary/aromatic N) is 1. The number of hydrogen-bond acceptors (Lipinski definition) is 4. The van der Waals surface area contributed by atoms with Crippen LogP contribution in [0, 0.1) is 12.8 Å². The summed E-state index contributed by atoms with van der Waals surface area (Å²) in [5.41, 5.74) is 4.11. The van der Waals surface area contributed by atoms with Crippen LogP contribution in [-0.4, -0.2) is 26.6 Å².